The lowest BCUT2D eigenvalue weighted by Crippen LogP contribution is -2.22. The Hall–Kier alpha value is -2.82. The second kappa shape index (κ2) is 9.33. The number of carbonyl (C=O) groups is 1. The van der Waals surface area contributed by atoms with Crippen molar-refractivity contribution in [3.63, 3.8) is 0 Å². The van der Waals surface area contributed by atoms with Gasteiger partial charge in [0.2, 0.25) is 21.1 Å². The Labute approximate surface area is 179 Å². The average Bonchev–Trinajstić information content (AvgIpc) is 3.21. The van der Waals surface area contributed by atoms with E-state index in [2.05, 4.69) is 15.5 Å². The van der Waals surface area contributed by atoms with Crippen LogP contribution in [0.25, 0.3) is 10.6 Å². The monoisotopic (exact) mass is 446 g/mol. The number of ether oxygens (including phenoxy) is 1. The van der Waals surface area contributed by atoms with E-state index in [1.165, 1.54) is 38.6 Å². The Morgan fingerprint density at radius 2 is 1.87 bits per heavy atom. The van der Waals surface area contributed by atoms with Crippen molar-refractivity contribution in [2.24, 2.45) is 0 Å². The van der Waals surface area contributed by atoms with Crippen molar-refractivity contribution in [1.82, 2.24) is 14.5 Å². The number of methoxy groups -OCH3 is 1. The van der Waals surface area contributed by atoms with Gasteiger partial charge in [-0.05, 0) is 30.2 Å². The number of nitrogens with one attached hydrogen (secondary N) is 1. The minimum atomic E-state index is -3.57. The van der Waals surface area contributed by atoms with E-state index in [1.54, 1.807) is 12.1 Å². The maximum atomic E-state index is 12.4. The average molecular weight is 447 g/mol. The van der Waals surface area contributed by atoms with Gasteiger partial charge in [0.05, 0.1) is 12.0 Å². The summed E-state index contributed by atoms with van der Waals surface area (Å²) in [6, 6.07) is 14.2. The highest BCUT2D eigenvalue weighted by molar-refractivity contribution is 7.89. The number of amides is 1. The molecule has 0 bridgehead atoms. The minimum Gasteiger partial charge on any atom is -0.496 e. The van der Waals surface area contributed by atoms with Crippen molar-refractivity contribution in [2.45, 2.75) is 17.7 Å². The highest BCUT2D eigenvalue weighted by Gasteiger charge is 2.19. The molecule has 0 aliphatic rings. The smallest absolute Gasteiger partial charge is 0.242 e. The molecule has 8 nitrogen and oxygen atoms in total. The summed E-state index contributed by atoms with van der Waals surface area (Å²) in [5.41, 5.74) is 1.57. The first-order chi connectivity index (χ1) is 14.3. The van der Waals surface area contributed by atoms with Crippen LogP contribution < -0.4 is 10.1 Å². The van der Waals surface area contributed by atoms with Crippen molar-refractivity contribution >= 4 is 32.4 Å². The van der Waals surface area contributed by atoms with Gasteiger partial charge in [-0.3, -0.25) is 4.79 Å². The molecule has 158 valence electrons. The topological polar surface area (TPSA) is 101 Å². The molecule has 0 saturated carbocycles. The molecule has 2 aromatic carbocycles. The van der Waals surface area contributed by atoms with Gasteiger partial charge in [-0.1, -0.05) is 41.7 Å². The van der Waals surface area contributed by atoms with E-state index >= 15 is 0 Å². The first-order valence-corrected chi connectivity index (χ1v) is 11.3. The molecule has 3 rings (SSSR count). The summed E-state index contributed by atoms with van der Waals surface area (Å²) in [6.07, 6.45) is 0.457. The molecule has 0 aliphatic carbocycles. The van der Waals surface area contributed by atoms with Gasteiger partial charge in [0.25, 0.3) is 0 Å². The largest absolute Gasteiger partial charge is 0.496 e. The number of rotatable bonds is 8. The van der Waals surface area contributed by atoms with E-state index in [-0.39, 0.29) is 17.2 Å². The van der Waals surface area contributed by atoms with E-state index < -0.39 is 10.0 Å². The van der Waals surface area contributed by atoms with Crippen LogP contribution in [0.1, 0.15) is 12.0 Å². The molecule has 1 aromatic heterocycles. The lowest BCUT2D eigenvalue weighted by molar-refractivity contribution is -0.116. The van der Waals surface area contributed by atoms with E-state index in [9.17, 15) is 13.2 Å². The van der Waals surface area contributed by atoms with Crippen molar-refractivity contribution < 1.29 is 17.9 Å². The summed E-state index contributed by atoms with van der Waals surface area (Å²) in [7, 11) is 0.872. The van der Waals surface area contributed by atoms with Crippen molar-refractivity contribution in [1.29, 1.82) is 0 Å². The number of carbonyl (C=O) groups excluding carboxylic acids is 1. The zero-order chi connectivity index (χ0) is 21.7. The van der Waals surface area contributed by atoms with E-state index in [4.69, 9.17) is 4.74 Å². The molecule has 0 aliphatic heterocycles. The molecule has 0 saturated heterocycles. The molecule has 1 N–H and O–H groups in total. The maximum Gasteiger partial charge on any atom is 0.242 e. The van der Waals surface area contributed by atoms with Gasteiger partial charge >= 0.3 is 0 Å². The van der Waals surface area contributed by atoms with Crippen LogP contribution >= 0.6 is 11.3 Å². The first-order valence-electron chi connectivity index (χ1n) is 9.09. The van der Waals surface area contributed by atoms with Crippen LogP contribution in [-0.4, -0.2) is 50.0 Å². The Morgan fingerprint density at radius 3 is 2.53 bits per heavy atom. The van der Waals surface area contributed by atoms with Gasteiger partial charge in [-0.15, -0.1) is 10.2 Å². The predicted octanol–water partition coefficient (Wildman–Crippen LogP) is 3.04. The van der Waals surface area contributed by atoms with Crippen molar-refractivity contribution in [2.75, 3.05) is 26.5 Å². The Kier molecular flexibility index (Phi) is 6.80. The van der Waals surface area contributed by atoms with Gasteiger partial charge in [0, 0.05) is 26.1 Å². The number of hydrogen-bond acceptors (Lipinski definition) is 7. The van der Waals surface area contributed by atoms with E-state index in [0.29, 0.717) is 27.9 Å². The minimum absolute atomic E-state index is 0.141. The molecule has 30 heavy (non-hydrogen) atoms. The van der Waals surface area contributed by atoms with Gasteiger partial charge in [-0.2, -0.15) is 0 Å². The van der Waals surface area contributed by atoms with Gasteiger partial charge in [0.15, 0.2) is 0 Å². The summed E-state index contributed by atoms with van der Waals surface area (Å²) in [4.78, 5) is 12.5. The number of sulfonamides is 1. The van der Waals surface area contributed by atoms with Crippen LogP contribution in [0.2, 0.25) is 0 Å². The Bertz CT molecular complexity index is 1130. The lowest BCUT2D eigenvalue weighted by Gasteiger charge is -2.14. The fourth-order valence-electron chi connectivity index (χ4n) is 2.72. The number of anilines is 1. The van der Waals surface area contributed by atoms with Gasteiger partial charge in [0.1, 0.15) is 10.8 Å². The van der Waals surface area contributed by atoms with Gasteiger partial charge < -0.3 is 10.1 Å². The van der Waals surface area contributed by atoms with Gasteiger partial charge in [-0.25, -0.2) is 12.7 Å². The number of aryl methyl sites for hydroxylation is 1. The molecule has 1 heterocycles. The van der Waals surface area contributed by atoms with E-state index in [0.717, 1.165) is 9.87 Å². The molecule has 0 atom stereocenters. The third kappa shape index (κ3) is 5.02. The summed E-state index contributed by atoms with van der Waals surface area (Å²) in [6.45, 7) is 0. The molecule has 0 spiro atoms. The number of nitrogens with zero attached hydrogens (tertiary/aromatic N) is 3. The zero-order valence-electron chi connectivity index (χ0n) is 16.8. The lowest BCUT2D eigenvalue weighted by atomic mass is 10.1. The fourth-order valence-corrected chi connectivity index (χ4v) is 4.44. The predicted molar refractivity (Wildman–Crippen MR) is 116 cm³/mol. The van der Waals surface area contributed by atoms with Crippen LogP contribution in [0, 0.1) is 0 Å². The normalized spacial score (nSPS) is 11.5. The fraction of sp³-hybridized carbons (Fsp3) is 0.250. The molecular formula is C20H22N4O4S2. The standard InChI is InChI=1S/C20H22N4O4S2/c1-24(2)30(26,27)16-10-11-17(28-3)15(13-16)9-12-18(25)21-20-23-22-19(29-20)14-7-5-4-6-8-14/h4-8,10-11,13H,9,12H2,1-3H3,(H,21,23,25). The summed E-state index contributed by atoms with van der Waals surface area (Å²) >= 11 is 1.29. The van der Waals surface area contributed by atoms with Crippen LogP contribution in [0.3, 0.4) is 0 Å². The maximum absolute atomic E-state index is 12.4. The SMILES string of the molecule is COc1ccc(S(=O)(=O)N(C)C)cc1CCC(=O)Nc1nnc(-c2ccccc2)s1. The van der Waals surface area contributed by atoms with Crippen LogP contribution in [0.15, 0.2) is 53.4 Å². The second-order valence-electron chi connectivity index (χ2n) is 6.59. The molecule has 3 aromatic rings. The van der Waals surface area contributed by atoms with Crippen molar-refractivity contribution in [3.05, 3.63) is 54.1 Å². The van der Waals surface area contributed by atoms with Crippen molar-refractivity contribution in [3.8, 4) is 16.3 Å². The van der Waals surface area contributed by atoms with E-state index in [1.807, 2.05) is 30.3 Å². The second-order valence-corrected chi connectivity index (χ2v) is 9.72. The van der Waals surface area contributed by atoms with Crippen LogP contribution in [-0.2, 0) is 21.2 Å². The highest BCUT2D eigenvalue weighted by Crippen LogP contribution is 2.27. The number of aromatic nitrogens is 2. The van der Waals surface area contributed by atoms with Crippen LogP contribution in [0.5, 0.6) is 5.75 Å². The first kappa shape index (κ1) is 21.9. The molecular weight excluding hydrogens is 424 g/mol. The Morgan fingerprint density at radius 1 is 1.13 bits per heavy atom. The quantitative estimate of drug-likeness (QED) is 0.571. The van der Waals surface area contributed by atoms with Crippen LogP contribution in [0.4, 0.5) is 5.13 Å². The molecule has 0 radical (unpaired) electrons. The molecule has 10 heteroatoms. The molecule has 1 amide bonds. The summed E-state index contributed by atoms with van der Waals surface area (Å²) < 4.78 is 31.2. The number of benzene rings is 2. The summed E-state index contributed by atoms with van der Waals surface area (Å²) in [5.74, 6) is 0.288. The summed E-state index contributed by atoms with van der Waals surface area (Å²) in [5, 5.41) is 12.0. The molecule has 0 fully saturated rings. The highest BCUT2D eigenvalue weighted by atomic mass is 32.2. The molecule has 0 unspecified atom stereocenters. The third-order valence-electron chi connectivity index (χ3n) is 4.34. The third-order valence-corrected chi connectivity index (χ3v) is 7.04. The zero-order valence-corrected chi connectivity index (χ0v) is 18.5. The Balaban J connectivity index is 1.68. The number of hydrogen-bond donors (Lipinski definition) is 1.